The van der Waals surface area contributed by atoms with Gasteiger partial charge in [0.05, 0.1) is 13.2 Å². The highest BCUT2D eigenvalue weighted by Crippen LogP contribution is 2.22. The smallest absolute Gasteiger partial charge is 0.123 e. The Bertz CT molecular complexity index is 372. The Balaban J connectivity index is 2.40. The van der Waals surface area contributed by atoms with Gasteiger partial charge in [0, 0.05) is 50.3 Å². The van der Waals surface area contributed by atoms with Crippen LogP contribution in [0.15, 0.2) is 18.2 Å². The fraction of sp³-hybridized carbons (Fsp3) is 0.571. The largest absolute Gasteiger partial charge is 0.494 e. The Labute approximate surface area is 115 Å². The van der Waals surface area contributed by atoms with Gasteiger partial charge >= 0.3 is 0 Å². The van der Waals surface area contributed by atoms with Gasteiger partial charge in [0.1, 0.15) is 5.75 Å². The van der Waals surface area contributed by atoms with E-state index in [0.717, 1.165) is 37.7 Å². The Morgan fingerprint density at radius 1 is 1.26 bits per heavy atom. The number of likely N-dealkylation sites (N-methyl/N-ethyl adjacent to an activating group) is 1. The van der Waals surface area contributed by atoms with Crippen molar-refractivity contribution in [3.8, 4) is 5.75 Å². The first-order valence-corrected chi connectivity index (χ1v) is 6.60. The zero-order chi connectivity index (χ0) is 14.1. The van der Waals surface area contributed by atoms with Gasteiger partial charge in [-0.1, -0.05) is 0 Å². The molecule has 1 aromatic carbocycles. The van der Waals surface area contributed by atoms with Crippen molar-refractivity contribution < 1.29 is 9.47 Å². The molecule has 0 bridgehead atoms. The lowest BCUT2D eigenvalue weighted by Gasteiger charge is -2.17. The number of nitrogens with zero attached hydrogens (tertiary/aromatic N) is 1. The number of rotatable bonds is 9. The van der Waals surface area contributed by atoms with Crippen LogP contribution in [-0.2, 0) is 4.74 Å². The number of nitrogens with two attached hydrogens (primary N) is 1. The molecule has 0 saturated carbocycles. The van der Waals surface area contributed by atoms with Crippen LogP contribution in [0.1, 0.15) is 6.92 Å². The summed E-state index contributed by atoms with van der Waals surface area (Å²) in [5.41, 5.74) is 7.54. The number of benzene rings is 1. The molecule has 1 rings (SSSR count). The highest BCUT2D eigenvalue weighted by atomic mass is 16.5. The summed E-state index contributed by atoms with van der Waals surface area (Å²) >= 11 is 0. The second-order valence-electron chi connectivity index (χ2n) is 4.45. The molecule has 108 valence electrons. The summed E-state index contributed by atoms with van der Waals surface area (Å²) < 4.78 is 10.5. The fourth-order valence-corrected chi connectivity index (χ4v) is 1.72. The predicted molar refractivity (Wildman–Crippen MR) is 79.9 cm³/mol. The van der Waals surface area contributed by atoms with Gasteiger partial charge in [-0.25, -0.2) is 0 Å². The molecule has 3 N–H and O–H groups in total. The molecule has 0 amide bonds. The Morgan fingerprint density at radius 2 is 2.05 bits per heavy atom. The second kappa shape index (κ2) is 8.61. The number of nitrogens with one attached hydrogen (secondary N) is 1. The summed E-state index contributed by atoms with van der Waals surface area (Å²) in [7, 11) is 3.79. The maximum atomic E-state index is 5.84. The van der Waals surface area contributed by atoms with Gasteiger partial charge < -0.3 is 25.4 Å². The molecule has 0 aromatic heterocycles. The van der Waals surface area contributed by atoms with Crippen LogP contribution in [0, 0.1) is 0 Å². The third kappa shape index (κ3) is 6.31. The van der Waals surface area contributed by atoms with Crippen LogP contribution in [0.25, 0.3) is 0 Å². The summed E-state index contributed by atoms with van der Waals surface area (Å²) in [6, 6.07) is 5.71. The third-order valence-electron chi connectivity index (χ3n) is 2.74. The number of hydrogen-bond acceptors (Lipinski definition) is 5. The Kier molecular flexibility index (Phi) is 7.07. The summed E-state index contributed by atoms with van der Waals surface area (Å²) in [6.45, 7) is 6.09. The maximum Gasteiger partial charge on any atom is 0.123 e. The van der Waals surface area contributed by atoms with Crippen molar-refractivity contribution in [3.05, 3.63) is 18.2 Å². The number of hydrogen-bond donors (Lipinski definition) is 2. The van der Waals surface area contributed by atoms with Gasteiger partial charge in [-0.2, -0.15) is 0 Å². The van der Waals surface area contributed by atoms with E-state index >= 15 is 0 Å². The second-order valence-corrected chi connectivity index (χ2v) is 4.45. The average molecular weight is 267 g/mol. The zero-order valence-electron chi connectivity index (χ0n) is 12.1. The van der Waals surface area contributed by atoms with Crippen molar-refractivity contribution >= 4 is 11.4 Å². The molecule has 19 heavy (non-hydrogen) atoms. The van der Waals surface area contributed by atoms with E-state index in [2.05, 4.69) is 17.3 Å². The minimum Gasteiger partial charge on any atom is -0.494 e. The van der Waals surface area contributed by atoms with E-state index < -0.39 is 0 Å². The average Bonchev–Trinajstić information content (AvgIpc) is 2.36. The highest BCUT2D eigenvalue weighted by molar-refractivity contribution is 5.59. The molecule has 0 fully saturated rings. The standard InChI is InChI=1S/C14H25N3O2/c1-4-19-14-10-12(15)9-13(11-14)16-5-6-17(2)7-8-18-3/h9-11,16H,4-8,15H2,1-3H3. The number of ether oxygens (including phenoxy) is 2. The molecule has 0 spiro atoms. The van der Waals surface area contributed by atoms with Crippen LogP contribution in [0.3, 0.4) is 0 Å². The summed E-state index contributed by atoms with van der Waals surface area (Å²) in [5.74, 6) is 0.803. The lowest BCUT2D eigenvalue weighted by Crippen LogP contribution is -2.28. The Hall–Kier alpha value is -1.46. The normalized spacial score (nSPS) is 10.7. The van der Waals surface area contributed by atoms with Crippen molar-refractivity contribution in [2.75, 3.05) is 58.1 Å². The highest BCUT2D eigenvalue weighted by Gasteiger charge is 2.01. The first kappa shape index (κ1) is 15.6. The van der Waals surface area contributed by atoms with Crippen LogP contribution < -0.4 is 15.8 Å². The van der Waals surface area contributed by atoms with Gasteiger partial charge in [0.2, 0.25) is 0 Å². The minimum absolute atomic E-state index is 0.642. The third-order valence-corrected chi connectivity index (χ3v) is 2.74. The zero-order valence-corrected chi connectivity index (χ0v) is 12.1. The van der Waals surface area contributed by atoms with E-state index in [1.165, 1.54) is 0 Å². The van der Waals surface area contributed by atoms with Gasteiger partial charge in [-0.15, -0.1) is 0 Å². The molecule has 0 heterocycles. The first-order chi connectivity index (χ1) is 9.15. The van der Waals surface area contributed by atoms with E-state index in [4.69, 9.17) is 15.2 Å². The number of nitrogen functional groups attached to an aromatic ring is 1. The number of methoxy groups -OCH3 is 1. The van der Waals surface area contributed by atoms with Crippen molar-refractivity contribution in [3.63, 3.8) is 0 Å². The lowest BCUT2D eigenvalue weighted by atomic mass is 10.2. The summed E-state index contributed by atoms with van der Waals surface area (Å²) in [6.07, 6.45) is 0. The molecule has 0 saturated heterocycles. The first-order valence-electron chi connectivity index (χ1n) is 6.60. The molecule has 0 unspecified atom stereocenters. The fourth-order valence-electron chi connectivity index (χ4n) is 1.72. The molecule has 1 aromatic rings. The molecule has 0 atom stereocenters. The molecule has 5 heteroatoms. The van der Waals surface area contributed by atoms with Crippen molar-refractivity contribution in [1.29, 1.82) is 0 Å². The predicted octanol–water partition coefficient (Wildman–Crippen LogP) is 1.66. The van der Waals surface area contributed by atoms with Gasteiger partial charge in [-0.05, 0) is 20.0 Å². The SMILES string of the molecule is CCOc1cc(N)cc(NCCN(C)CCOC)c1. The van der Waals surface area contributed by atoms with E-state index in [0.29, 0.717) is 12.3 Å². The molecule has 0 aliphatic carbocycles. The van der Waals surface area contributed by atoms with E-state index in [1.54, 1.807) is 7.11 Å². The Morgan fingerprint density at radius 3 is 2.74 bits per heavy atom. The molecular formula is C14H25N3O2. The van der Waals surface area contributed by atoms with Crippen molar-refractivity contribution in [2.45, 2.75) is 6.92 Å². The van der Waals surface area contributed by atoms with Gasteiger partial charge in [-0.3, -0.25) is 0 Å². The summed E-state index contributed by atoms with van der Waals surface area (Å²) in [5, 5.41) is 3.35. The lowest BCUT2D eigenvalue weighted by molar-refractivity contribution is 0.163. The van der Waals surface area contributed by atoms with Gasteiger partial charge in [0.25, 0.3) is 0 Å². The molecule has 0 aliphatic heterocycles. The van der Waals surface area contributed by atoms with Crippen molar-refractivity contribution in [2.24, 2.45) is 0 Å². The minimum atomic E-state index is 0.642. The topological polar surface area (TPSA) is 59.8 Å². The number of anilines is 2. The molecule has 5 nitrogen and oxygen atoms in total. The van der Waals surface area contributed by atoms with Crippen LogP contribution in [-0.4, -0.2) is 51.9 Å². The van der Waals surface area contributed by atoms with E-state index in [9.17, 15) is 0 Å². The maximum absolute atomic E-state index is 5.84. The molecule has 0 aliphatic rings. The summed E-state index contributed by atoms with van der Waals surface area (Å²) in [4.78, 5) is 2.21. The van der Waals surface area contributed by atoms with E-state index in [1.807, 2.05) is 25.1 Å². The monoisotopic (exact) mass is 267 g/mol. The van der Waals surface area contributed by atoms with Crippen LogP contribution in [0.5, 0.6) is 5.75 Å². The van der Waals surface area contributed by atoms with Crippen LogP contribution in [0.4, 0.5) is 11.4 Å². The van der Waals surface area contributed by atoms with Crippen LogP contribution in [0.2, 0.25) is 0 Å². The van der Waals surface area contributed by atoms with Gasteiger partial charge in [0.15, 0.2) is 0 Å². The van der Waals surface area contributed by atoms with Crippen LogP contribution >= 0.6 is 0 Å². The quantitative estimate of drug-likeness (QED) is 0.666. The molecular weight excluding hydrogens is 242 g/mol. The molecule has 0 radical (unpaired) electrons. The van der Waals surface area contributed by atoms with E-state index in [-0.39, 0.29) is 0 Å². The van der Waals surface area contributed by atoms with Crippen molar-refractivity contribution in [1.82, 2.24) is 4.90 Å².